The Bertz CT molecular complexity index is 448. The zero-order valence-corrected chi connectivity index (χ0v) is 12.0. The molecule has 1 fully saturated rings. The lowest BCUT2D eigenvalue weighted by Crippen LogP contribution is -2.47. The van der Waals surface area contributed by atoms with Crippen LogP contribution in [0.4, 0.5) is 0 Å². The number of hydrogen-bond donors (Lipinski definition) is 1. The van der Waals surface area contributed by atoms with Crippen LogP contribution in [-0.4, -0.2) is 66.5 Å². The Morgan fingerprint density at radius 2 is 2.05 bits per heavy atom. The zero-order valence-electron chi connectivity index (χ0n) is 11.2. The number of carboxylic acid groups (broad SMARTS) is 1. The van der Waals surface area contributed by atoms with Crippen LogP contribution in [0.3, 0.4) is 0 Å². The van der Waals surface area contributed by atoms with E-state index in [4.69, 9.17) is 5.11 Å². The molecule has 0 aromatic carbocycles. The predicted octanol–water partition coefficient (Wildman–Crippen LogP) is -0.266. The third-order valence-corrected chi connectivity index (χ3v) is 4.49. The SMILES string of the molecule is CCN(CCC(=O)O)C(=O)[C@H]1CCCN1S(C)(=O)=O. The lowest BCUT2D eigenvalue weighted by molar-refractivity contribution is -0.139. The van der Waals surface area contributed by atoms with Crippen LogP contribution in [0, 0.1) is 0 Å². The van der Waals surface area contributed by atoms with E-state index < -0.39 is 22.0 Å². The van der Waals surface area contributed by atoms with E-state index in [1.54, 1.807) is 6.92 Å². The van der Waals surface area contributed by atoms with Gasteiger partial charge in [-0.3, -0.25) is 9.59 Å². The molecule has 1 saturated heterocycles. The van der Waals surface area contributed by atoms with Gasteiger partial charge in [-0.1, -0.05) is 0 Å². The highest BCUT2D eigenvalue weighted by Crippen LogP contribution is 2.22. The van der Waals surface area contributed by atoms with Gasteiger partial charge in [-0.05, 0) is 19.8 Å². The molecule has 0 spiro atoms. The summed E-state index contributed by atoms with van der Waals surface area (Å²) < 4.78 is 24.4. The number of nitrogens with zero attached hydrogens (tertiary/aromatic N) is 2. The van der Waals surface area contributed by atoms with Crippen LogP contribution in [0.1, 0.15) is 26.2 Å². The molecule has 0 bridgehead atoms. The third-order valence-electron chi connectivity index (χ3n) is 3.20. The van der Waals surface area contributed by atoms with Crippen molar-refractivity contribution < 1.29 is 23.1 Å². The Hall–Kier alpha value is -1.15. The van der Waals surface area contributed by atoms with Crippen LogP contribution < -0.4 is 0 Å². The molecule has 110 valence electrons. The molecular weight excluding hydrogens is 272 g/mol. The Labute approximate surface area is 113 Å². The van der Waals surface area contributed by atoms with Crippen molar-refractivity contribution in [3.8, 4) is 0 Å². The van der Waals surface area contributed by atoms with Crippen LogP contribution in [0.5, 0.6) is 0 Å². The van der Waals surface area contributed by atoms with Gasteiger partial charge in [0.1, 0.15) is 6.04 Å². The van der Waals surface area contributed by atoms with Gasteiger partial charge < -0.3 is 10.0 Å². The van der Waals surface area contributed by atoms with Crippen molar-refractivity contribution in [2.75, 3.05) is 25.9 Å². The monoisotopic (exact) mass is 292 g/mol. The normalized spacial score (nSPS) is 20.4. The highest BCUT2D eigenvalue weighted by atomic mass is 32.2. The second-order valence-electron chi connectivity index (χ2n) is 4.59. The molecule has 0 aromatic heterocycles. The summed E-state index contributed by atoms with van der Waals surface area (Å²) in [6.45, 7) is 2.59. The summed E-state index contributed by atoms with van der Waals surface area (Å²) in [6, 6.07) is -0.677. The van der Waals surface area contributed by atoms with E-state index >= 15 is 0 Å². The molecule has 0 aromatic rings. The number of sulfonamides is 1. The highest BCUT2D eigenvalue weighted by Gasteiger charge is 2.38. The standard InChI is InChI=1S/C11H20N2O5S/c1-3-12(8-6-10(14)15)11(16)9-5-4-7-13(9)19(2,17)18/h9H,3-8H2,1-2H3,(H,14,15)/t9-/m1/s1. The minimum absolute atomic E-state index is 0.110. The average Bonchev–Trinajstić information content (AvgIpc) is 2.77. The molecule has 1 heterocycles. The first-order valence-corrected chi connectivity index (χ1v) is 8.09. The van der Waals surface area contributed by atoms with E-state index in [1.807, 2.05) is 0 Å². The smallest absolute Gasteiger partial charge is 0.305 e. The van der Waals surface area contributed by atoms with Crippen LogP contribution in [-0.2, 0) is 19.6 Å². The van der Waals surface area contributed by atoms with Gasteiger partial charge in [-0.15, -0.1) is 0 Å². The Balaban J connectivity index is 2.76. The van der Waals surface area contributed by atoms with Crippen molar-refractivity contribution in [1.29, 1.82) is 0 Å². The van der Waals surface area contributed by atoms with E-state index in [1.165, 1.54) is 9.21 Å². The Morgan fingerprint density at radius 3 is 2.53 bits per heavy atom. The molecule has 1 rings (SSSR count). The number of amides is 1. The summed E-state index contributed by atoms with van der Waals surface area (Å²) in [6.07, 6.45) is 2.10. The number of likely N-dealkylation sites (N-methyl/N-ethyl adjacent to an activating group) is 1. The van der Waals surface area contributed by atoms with E-state index in [9.17, 15) is 18.0 Å². The summed E-state index contributed by atoms with van der Waals surface area (Å²) in [4.78, 5) is 24.2. The van der Waals surface area contributed by atoms with Crippen molar-refractivity contribution in [3.63, 3.8) is 0 Å². The second-order valence-corrected chi connectivity index (χ2v) is 6.53. The molecule has 0 saturated carbocycles. The molecule has 8 heteroatoms. The summed E-state index contributed by atoms with van der Waals surface area (Å²) in [5.74, 6) is -1.27. The minimum Gasteiger partial charge on any atom is -0.481 e. The first-order chi connectivity index (χ1) is 8.77. The summed E-state index contributed by atoms with van der Waals surface area (Å²) in [5, 5.41) is 8.64. The lowest BCUT2D eigenvalue weighted by Gasteiger charge is -2.28. The van der Waals surface area contributed by atoms with Crippen molar-refractivity contribution in [1.82, 2.24) is 9.21 Å². The van der Waals surface area contributed by atoms with Crippen molar-refractivity contribution in [2.24, 2.45) is 0 Å². The zero-order chi connectivity index (χ0) is 14.6. The van der Waals surface area contributed by atoms with Crippen molar-refractivity contribution >= 4 is 21.9 Å². The summed E-state index contributed by atoms with van der Waals surface area (Å²) >= 11 is 0. The largest absolute Gasteiger partial charge is 0.481 e. The Morgan fingerprint density at radius 1 is 1.42 bits per heavy atom. The van der Waals surface area contributed by atoms with Gasteiger partial charge in [0.2, 0.25) is 15.9 Å². The molecule has 0 radical (unpaired) electrons. The minimum atomic E-state index is -3.40. The van der Waals surface area contributed by atoms with Crippen molar-refractivity contribution in [3.05, 3.63) is 0 Å². The van der Waals surface area contributed by atoms with Gasteiger partial charge in [-0.25, -0.2) is 8.42 Å². The first-order valence-electron chi connectivity index (χ1n) is 6.24. The van der Waals surface area contributed by atoms with Crippen molar-refractivity contribution in [2.45, 2.75) is 32.2 Å². The fourth-order valence-corrected chi connectivity index (χ4v) is 3.37. The van der Waals surface area contributed by atoms with Gasteiger partial charge in [-0.2, -0.15) is 4.31 Å². The van der Waals surface area contributed by atoms with Crippen LogP contribution >= 0.6 is 0 Å². The summed E-state index contributed by atoms with van der Waals surface area (Å²) in [7, 11) is -3.40. The fourth-order valence-electron chi connectivity index (χ4n) is 2.25. The maximum Gasteiger partial charge on any atom is 0.305 e. The van der Waals surface area contributed by atoms with Crippen LogP contribution in [0.25, 0.3) is 0 Å². The molecule has 19 heavy (non-hydrogen) atoms. The van der Waals surface area contributed by atoms with E-state index in [0.29, 0.717) is 25.9 Å². The number of carboxylic acids is 1. The quantitative estimate of drug-likeness (QED) is 0.727. The lowest BCUT2D eigenvalue weighted by atomic mass is 10.2. The van der Waals surface area contributed by atoms with E-state index in [2.05, 4.69) is 0 Å². The highest BCUT2D eigenvalue weighted by molar-refractivity contribution is 7.88. The van der Waals surface area contributed by atoms with Gasteiger partial charge >= 0.3 is 5.97 Å². The second kappa shape index (κ2) is 6.33. The first kappa shape index (κ1) is 15.9. The average molecular weight is 292 g/mol. The number of hydrogen-bond acceptors (Lipinski definition) is 4. The number of carbonyl (C=O) groups is 2. The Kier molecular flexibility index (Phi) is 5.30. The molecule has 1 N–H and O–H groups in total. The van der Waals surface area contributed by atoms with Crippen LogP contribution in [0.2, 0.25) is 0 Å². The number of carbonyl (C=O) groups excluding carboxylic acids is 1. The molecule has 7 nitrogen and oxygen atoms in total. The van der Waals surface area contributed by atoms with Gasteiger partial charge in [0.15, 0.2) is 0 Å². The summed E-state index contributed by atoms with van der Waals surface area (Å²) in [5.41, 5.74) is 0. The molecule has 0 unspecified atom stereocenters. The van der Waals surface area contributed by atoms with Crippen LogP contribution in [0.15, 0.2) is 0 Å². The topological polar surface area (TPSA) is 95.0 Å². The van der Waals surface area contributed by atoms with Gasteiger partial charge in [0, 0.05) is 19.6 Å². The van der Waals surface area contributed by atoms with E-state index in [0.717, 1.165) is 6.26 Å². The number of aliphatic carboxylic acids is 1. The van der Waals surface area contributed by atoms with Gasteiger partial charge in [0.05, 0.1) is 12.7 Å². The molecular formula is C11H20N2O5S. The number of rotatable bonds is 6. The molecule has 1 amide bonds. The fraction of sp³-hybridized carbons (Fsp3) is 0.818. The predicted molar refractivity (Wildman–Crippen MR) is 69.1 cm³/mol. The van der Waals surface area contributed by atoms with Gasteiger partial charge in [0.25, 0.3) is 0 Å². The van der Waals surface area contributed by atoms with E-state index in [-0.39, 0.29) is 18.9 Å². The maximum absolute atomic E-state index is 12.3. The molecule has 0 aliphatic carbocycles. The molecule has 1 atom stereocenters. The maximum atomic E-state index is 12.3. The molecule has 1 aliphatic rings. The third kappa shape index (κ3) is 4.17. The molecule has 1 aliphatic heterocycles.